The van der Waals surface area contributed by atoms with Crippen LogP contribution in [0.2, 0.25) is 0 Å². The average Bonchev–Trinajstić information content (AvgIpc) is 2.97. The number of nitrogens with zero attached hydrogens (tertiary/aromatic N) is 2. The first-order valence-electron chi connectivity index (χ1n) is 5.67. The predicted molar refractivity (Wildman–Crippen MR) is 78.0 cm³/mol. The molecule has 2 aromatic rings. The molecule has 1 aromatic carbocycles. The van der Waals surface area contributed by atoms with Gasteiger partial charge in [0.15, 0.2) is 0 Å². The number of carboxylic acid groups (broad SMARTS) is 1. The molecular weight excluding hydrogens is 312 g/mol. The fourth-order valence-corrected chi connectivity index (χ4v) is 4.10. The zero-order chi connectivity index (χ0) is 15.6. The van der Waals surface area contributed by atoms with Gasteiger partial charge in [-0.25, -0.2) is 13.2 Å². The van der Waals surface area contributed by atoms with Gasteiger partial charge in [-0.05, 0) is 30.3 Å². The Morgan fingerprint density at radius 2 is 1.95 bits per heavy atom. The summed E-state index contributed by atoms with van der Waals surface area (Å²) in [6, 6.07) is 9.13. The van der Waals surface area contributed by atoms with Gasteiger partial charge in [0.1, 0.15) is 4.21 Å². The second-order valence-corrected chi connectivity index (χ2v) is 7.20. The highest BCUT2D eigenvalue weighted by Gasteiger charge is 2.24. The lowest BCUT2D eigenvalue weighted by Crippen LogP contribution is -2.25. The first kappa shape index (κ1) is 15.0. The SMILES string of the molecule is CN(c1ccc(C#N)cc1)S(=O)(=O)c1cc(C(=O)O)cs1. The van der Waals surface area contributed by atoms with Crippen LogP contribution < -0.4 is 4.31 Å². The van der Waals surface area contributed by atoms with E-state index < -0.39 is 16.0 Å². The maximum Gasteiger partial charge on any atom is 0.336 e. The summed E-state index contributed by atoms with van der Waals surface area (Å²) in [6.45, 7) is 0. The molecule has 0 fully saturated rings. The van der Waals surface area contributed by atoms with Gasteiger partial charge in [-0.15, -0.1) is 11.3 Å². The van der Waals surface area contributed by atoms with Crippen LogP contribution in [0.25, 0.3) is 0 Å². The summed E-state index contributed by atoms with van der Waals surface area (Å²) >= 11 is 0.853. The zero-order valence-electron chi connectivity index (χ0n) is 10.8. The van der Waals surface area contributed by atoms with Crippen molar-refractivity contribution in [2.45, 2.75) is 4.21 Å². The summed E-state index contributed by atoms with van der Waals surface area (Å²) < 4.78 is 25.8. The molecule has 2 rings (SSSR count). The number of nitriles is 1. The molecule has 1 aromatic heterocycles. The number of anilines is 1. The number of carbonyl (C=O) groups is 1. The van der Waals surface area contributed by atoms with Crippen molar-refractivity contribution in [3.8, 4) is 6.07 Å². The summed E-state index contributed by atoms with van der Waals surface area (Å²) in [5.41, 5.74) is 0.750. The van der Waals surface area contributed by atoms with Crippen LogP contribution in [-0.4, -0.2) is 26.5 Å². The van der Waals surface area contributed by atoms with Crippen LogP contribution >= 0.6 is 11.3 Å². The molecule has 0 spiro atoms. The lowest BCUT2D eigenvalue weighted by molar-refractivity contribution is 0.0697. The third kappa shape index (κ3) is 2.89. The Kier molecular flexibility index (Phi) is 3.97. The quantitative estimate of drug-likeness (QED) is 0.930. The standard InChI is InChI=1S/C13H10N2O4S2/c1-15(11-4-2-9(7-14)3-5-11)21(18,19)12-6-10(8-20-12)13(16)17/h2-6,8H,1H3,(H,16,17). The molecule has 0 aliphatic carbocycles. The molecule has 6 nitrogen and oxygen atoms in total. The maximum absolute atomic E-state index is 12.4. The number of benzene rings is 1. The highest BCUT2D eigenvalue weighted by molar-refractivity contribution is 7.94. The van der Waals surface area contributed by atoms with E-state index in [0.29, 0.717) is 11.3 Å². The van der Waals surface area contributed by atoms with Crippen molar-refractivity contribution in [3.05, 3.63) is 46.8 Å². The van der Waals surface area contributed by atoms with Gasteiger partial charge in [0.25, 0.3) is 10.0 Å². The van der Waals surface area contributed by atoms with E-state index in [1.54, 1.807) is 0 Å². The van der Waals surface area contributed by atoms with Crippen LogP contribution in [0.5, 0.6) is 0 Å². The molecule has 21 heavy (non-hydrogen) atoms. The number of thiophene rings is 1. The lowest BCUT2D eigenvalue weighted by Gasteiger charge is -2.18. The molecule has 1 heterocycles. The molecule has 0 atom stereocenters. The highest BCUT2D eigenvalue weighted by atomic mass is 32.2. The molecule has 0 saturated heterocycles. The van der Waals surface area contributed by atoms with E-state index in [1.807, 2.05) is 6.07 Å². The summed E-state index contributed by atoms with van der Waals surface area (Å²) in [7, 11) is -2.45. The molecule has 0 saturated carbocycles. The molecule has 0 aliphatic rings. The van der Waals surface area contributed by atoms with Gasteiger partial charge >= 0.3 is 5.97 Å². The smallest absolute Gasteiger partial charge is 0.336 e. The normalized spacial score (nSPS) is 10.9. The number of carboxylic acids is 1. The van der Waals surface area contributed by atoms with Crippen LogP contribution in [0.4, 0.5) is 5.69 Å². The highest BCUT2D eigenvalue weighted by Crippen LogP contribution is 2.27. The van der Waals surface area contributed by atoms with Gasteiger partial charge in [0.05, 0.1) is 22.9 Å². The minimum Gasteiger partial charge on any atom is -0.478 e. The van der Waals surface area contributed by atoms with Crippen LogP contribution in [0, 0.1) is 11.3 Å². The fraction of sp³-hybridized carbons (Fsp3) is 0.0769. The Bertz CT molecular complexity index is 817. The van der Waals surface area contributed by atoms with Gasteiger partial charge in [-0.3, -0.25) is 4.31 Å². The first-order valence-corrected chi connectivity index (χ1v) is 7.99. The van der Waals surface area contributed by atoms with Crippen molar-refractivity contribution in [1.82, 2.24) is 0 Å². The van der Waals surface area contributed by atoms with E-state index in [9.17, 15) is 13.2 Å². The molecule has 0 bridgehead atoms. The molecule has 0 amide bonds. The third-order valence-electron chi connectivity index (χ3n) is 2.80. The molecule has 0 radical (unpaired) electrons. The van der Waals surface area contributed by atoms with Crippen molar-refractivity contribution >= 4 is 33.0 Å². The lowest BCUT2D eigenvalue weighted by atomic mass is 10.2. The number of hydrogen-bond acceptors (Lipinski definition) is 5. The van der Waals surface area contributed by atoms with Gasteiger partial charge in [0, 0.05) is 12.4 Å². The van der Waals surface area contributed by atoms with Gasteiger partial charge in [-0.2, -0.15) is 5.26 Å². The van der Waals surface area contributed by atoms with E-state index in [-0.39, 0.29) is 9.77 Å². The van der Waals surface area contributed by atoms with Gasteiger partial charge < -0.3 is 5.11 Å². The minimum absolute atomic E-state index is 0.0493. The second kappa shape index (κ2) is 5.55. The van der Waals surface area contributed by atoms with Gasteiger partial charge in [0.2, 0.25) is 0 Å². The third-order valence-corrected chi connectivity index (χ3v) is 6.00. The number of rotatable bonds is 4. The number of aromatic carboxylic acids is 1. The maximum atomic E-state index is 12.4. The van der Waals surface area contributed by atoms with E-state index in [2.05, 4.69) is 0 Å². The van der Waals surface area contributed by atoms with Crippen LogP contribution in [-0.2, 0) is 10.0 Å². The molecular formula is C13H10N2O4S2. The second-order valence-electron chi connectivity index (χ2n) is 4.09. The zero-order valence-corrected chi connectivity index (χ0v) is 12.5. The van der Waals surface area contributed by atoms with Crippen molar-refractivity contribution in [1.29, 1.82) is 5.26 Å². The van der Waals surface area contributed by atoms with Crippen LogP contribution in [0.1, 0.15) is 15.9 Å². The Balaban J connectivity index is 2.37. The largest absolute Gasteiger partial charge is 0.478 e. The molecule has 108 valence electrons. The monoisotopic (exact) mass is 322 g/mol. The Hall–Kier alpha value is -2.37. The van der Waals surface area contributed by atoms with Crippen molar-refractivity contribution < 1.29 is 18.3 Å². The van der Waals surface area contributed by atoms with Crippen molar-refractivity contribution in [3.63, 3.8) is 0 Å². The summed E-state index contributed by atoms with van der Waals surface area (Å²) in [6.07, 6.45) is 0. The molecule has 8 heteroatoms. The Labute approximate surface area is 125 Å². The van der Waals surface area contributed by atoms with E-state index in [4.69, 9.17) is 10.4 Å². The Morgan fingerprint density at radius 1 is 1.33 bits per heavy atom. The topological polar surface area (TPSA) is 98.5 Å². The van der Waals surface area contributed by atoms with E-state index >= 15 is 0 Å². The van der Waals surface area contributed by atoms with E-state index in [0.717, 1.165) is 21.7 Å². The summed E-state index contributed by atoms with van der Waals surface area (Å²) in [4.78, 5) is 10.8. The predicted octanol–water partition coefficient (Wildman–Crippen LogP) is 2.14. The number of sulfonamides is 1. The molecule has 0 aliphatic heterocycles. The van der Waals surface area contributed by atoms with Crippen molar-refractivity contribution in [2.75, 3.05) is 11.4 Å². The van der Waals surface area contributed by atoms with Crippen molar-refractivity contribution in [2.24, 2.45) is 0 Å². The van der Waals surface area contributed by atoms with Gasteiger partial charge in [-0.1, -0.05) is 0 Å². The number of hydrogen-bond donors (Lipinski definition) is 1. The fourth-order valence-electron chi connectivity index (χ4n) is 1.58. The van der Waals surface area contributed by atoms with E-state index in [1.165, 1.54) is 36.7 Å². The van der Waals surface area contributed by atoms with Crippen LogP contribution in [0.15, 0.2) is 39.9 Å². The summed E-state index contributed by atoms with van der Waals surface area (Å²) in [5.74, 6) is -1.17. The molecule has 1 N–H and O–H groups in total. The summed E-state index contributed by atoms with van der Waals surface area (Å²) in [5, 5.41) is 18.8. The van der Waals surface area contributed by atoms with Crippen LogP contribution in [0.3, 0.4) is 0 Å². The average molecular weight is 322 g/mol. The first-order chi connectivity index (χ1) is 9.86. The minimum atomic E-state index is -3.82. The Morgan fingerprint density at radius 3 is 2.43 bits per heavy atom. The molecule has 0 unspecified atom stereocenters.